The van der Waals surface area contributed by atoms with Gasteiger partial charge < -0.3 is 10.1 Å². The smallest absolute Gasteiger partial charge is 0.407 e. The highest BCUT2D eigenvalue weighted by atomic mass is 16.6. The molecule has 7 nitrogen and oxygen atoms in total. The van der Waals surface area contributed by atoms with E-state index in [2.05, 4.69) is 68.2 Å². The first-order valence-corrected chi connectivity index (χ1v) is 11.6. The van der Waals surface area contributed by atoms with Crippen molar-refractivity contribution in [3.05, 3.63) is 78.2 Å². The van der Waals surface area contributed by atoms with Gasteiger partial charge in [-0.1, -0.05) is 42.5 Å². The van der Waals surface area contributed by atoms with Crippen LogP contribution in [0.4, 0.5) is 4.79 Å². The number of H-pyrrole nitrogens is 1. The zero-order valence-electron chi connectivity index (χ0n) is 19.9. The Labute approximate surface area is 200 Å². The van der Waals surface area contributed by atoms with Crippen molar-refractivity contribution in [1.82, 2.24) is 25.7 Å². The first-order valence-electron chi connectivity index (χ1n) is 11.6. The van der Waals surface area contributed by atoms with Crippen LogP contribution >= 0.6 is 0 Å². The van der Waals surface area contributed by atoms with Crippen LogP contribution in [-0.2, 0) is 17.6 Å². The van der Waals surface area contributed by atoms with Gasteiger partial charge in [0.1, 0.15) is 11.3 Å². The van der Waals surface area contributed by atoms with Gasteiger partial charge in [-0.3, -0.25) is 4.98 Å². The van der Waals surface area contributed by atoms with Gasteiger partial charge in [0.05, 0.1) is 5.69 Å². The number of alkyl carbamates (subject to hydrolysis) is 1. The molecule has 4 aromatic rings. The van der Waals surface area contributed by atoms with Crippen LogP contribution in [0.1, 0.15) is 38.4 Å². The maximum Gasteiger partial charge on any atom is 0.407 e. The minimum absolute atomic E-state index is 0.269. The number of pyridine rings is 1. The molecule has 0 fully saturated rings. The molecule has 1 amide bonds. The molecular weight excluding hydrogens is 426 g/mol. The summed E-state index contributed by atoms with van der Waals surface area (Å²) >= 11 is 0. The number of aromatic amines is 1. The van der Waals surface area contributed by atoms with Gasteiger partial charge in [0, 0.05) is 29.9 Å². The number of rotatable bonds is 8. The minimum atomic E-state index is -0.515. The number of aromatic nitrogens is 4. The van der Waals surface area contributed by atoms with Gasteiger partial charge in [-0.05, 0) is 69.0 Å². The summed E-state index contributed by atoms with van der Waals surface area (Å²) in [7, 11) is 0. The third-order valence-electron chi connectivity index (χ3n) is 5.60. The largest absolute Gasteiger partial charge is 0.444 e. The molecule has 0 saturated heterocycles. The second-order valence-corrected chi connectivity index (χ2v) is 9.53. The average molecular weight is 458 g/mol. The molecular formula is C27H31N5O2. The molecule has 0 aliphatic heterocycles. The van der Waals surface area contributed by atoms with Crippen LogP contribution < -0.4 is 5.32 Å². The molecule has 176 valence electrons. The van der Waals surface area contributed by atoms with Gasteiger partial charge in [-0.2, -0.15) is 15.4 Å². The molecule has 0 aliphatic carbocycles. The van der Waals surface area contributed by atoms with E-state index in [1.54, 1.807) is 6.20 Å². The zero-order chi connectivity index (χ0) is 24.0. The Bertz CT molecular complexity index is 1230. The Morgan fingerprint density at radius 1 is 1.03 bits per heavy atom. The number of amides is 1. The molecule has 2 aromatic carbocycles. The lowest BCUT2D eigenvalue weighted by molar-refractivity contribution is 0.0525. The van der Waals surface area contributed by atoms with Crippen LogP contribution in [-0.4, -0.2) is 38.6 Å². The number of benzene rings is 2. The molecule has 0 spiro atoms. The van der Waals surface area contributed by atoms with E-state index in [0.29, 0.717) is 6.54 Å². The third-order valence-corrected chi connectivity index (χ3v) is 5.60. The van der Waals surface area contributed by atoms with Crippen molar-refractivity contribution in [3.63, 3.8) is 0 Å². The molecule has 1 unspecified atom stereocenters. The molecule has 4 rings (SSSR count). The lowest BCUT2D eigenvalue weighted by Crippen LogP contribution is -2.33. The Hall–Kier alpha value is -3.74. The van der Waals surface area contributed by atoms with Gasteiger partial charge in [-0.25, -0.2) is 4.79 Å². The standard InChI is InChI=1S/C27H31N5O2/c1-27(2,3)34-26(33)29-14-11-20(15-19-7-5-4-6-8-19)16-24-25(31-32-30-24)22-9-10-23-18-28-13-12-21(23)17-22/h4-10,12-13,17-18,20H,11,14-16H2,1-3H3,(H,29,33)(H,30,31,32). The van der Waals surface area contributed by atoms with Crippen LogP contribution in [0.2, 0.25) is 0 Å². The van der Waals surface area contributed by atoms with Crippen molar-refractivity contribution >= 4 is 16.9 Å². The second kappa shape index (κ2) is 10.5. The maximum atomic E-state index is 12.1. The predicted molar refractivity (Wildman–Crippen MR) is 133 cm³/mol. The van der Waals surface area contributed by atoms with Gasteiger partial charge in [-0.15, -0.1) is 0 Å². The van der Waals surface area contributed by atoms with E-state index in [9.17, 15) is 4.79 Å². The highest BCUT2D eigenvalue weighted by Crippen LogP contribution is 2.27. The molecule has 34 heavy (non-hydrogen) atoms. The Kier molecular flexibility index (Phi) is 7.21. The number of fused-ring (bicyclic) bond motifs is 1. The van der Waals surface area contributed by atoms with E-state index in [0.717, 1.165) is 47.0 Å². The highest BCUT2D eigenvalue weighted by molar-refractivity contribution is 5.86. The first-order chi connectivity index (χ1) is 16.4. The summed E-state index contributed by atoms with van der Waals surface area (Å²) < 4.78 is 5.37. The number of hydrogen-bond acceptors (Lipinski definition) is 5. The summed E-state index contributed by atoms with van der Waals surface area (Å²) in [6.07, 6.45) is 5.68. The lowest BCUT2D eigenvalue weighted by Gasteiger charge is -2.21. The van der Waals surface area contributed by atoms with E-state index in [4.69, 9.17) is 4.74 Å². The zero-order valence-corrected chi connectivity index (χ0v) is 19.9. The number of ether oxygens (including phenoxy) is 1. The number of hydrogen-bond donors (Lipinski definition) is 2. The quantitative estimate of drug-likeness (QED) is 0.373. The summed E-state index contributed by atoms with van der Waals surface area (Å²) in [6.45, 7) is 6.11. The average Bonchev–Trinajstić information content (AvgIpc) is 3.26. The van der Waals surface area contributed by atoms with E-state index in [-0.39, 0.29) is 5.92 Å². The van der Waals surface area contributed by atoms with E-state index < -0.39 is 11.7 Å². The Morgan fingerprint density at radius 2 is 1.85 bits per heavy atom. The first kappa shape index (κ1) is 23.4. The Morgan fingerprint density at radius 3 is 2.65 bits per heavy atom. The fraction of sp³-hybridized carbons (Fsp3) is 0.333. The summed E-state index contributed by atoms with van der Waals surface area (Å²) in [5.74, 6) is 0.269. The van der Waals surface area contributed by atoms with Crippen molar-refractivity contribution in [2.45, 2.75) is 45.6 Å². The van der Waals surface area contributed by atoms with Crippen molar-refractivity contribution in [3.8, 4) is 11.3 Å². The van der Waals surface area contributed by atoms with Crippen molar-refractivity contribution in [1.29, 1.82) is 0 Å². The SMILES string of the molecule is CC(C)(C)OC(=O)NCCC(Cc1ccccc1)Cc1n[nH]nc1-c1ccc2cnccc2c1. The molecule has 1 atom stereocenters. The number of carbonyl (C=O) groups excluding carboxylic acids is 1. The lowest BCUT2D eigenvalue weighted by atomic mass is 9.90. The normalized spacial score (nSPS) is 12.4. The van der Waals surface area contributed by atoms with E-state index in [1.807, 2.05) is 39.1 Å². The Balaban J connectivity index is 1.49. The van der Waals surface area contributed by atoms with Crippen LogP contribution in [0.3, 0.4) is 0 Å². The van der Waals surface area contributed by atoms with Gasteiger partial charge >= 0.3 is 6.09 Å². The minimum Gasteiger partial charge on any atom is -0.444 e. The van der Waals surface area contributed by atoms with Gasteiger partial charge in [0.15, 0.2) is 0 Å². The van der Waals surface area contributed by atoms with Crippen LogP contribution in [0.25, 0.3) is 22.0 Å². The predicted octanol–water partition coefficient (Wildman–Crippen LogP) is 5.34. The molecule has 0 saturated carbocycles. The second-order valence-electron chi connectivity index (χ2n) is 9.53. The molecule has 0 radical (unpaired) electrons. The van der Waals surface area contributed by atoms with Crippen LogP contribution in [0, 0.1) is 5.92 Å². The third kappa shape index (κ3) is 6.41. The summed E-state index contributed by atoms with van der Waals surface area (Å²) in [5, 5.41) is 16.9. The highest BCUT2D eigenvalue weighted by Gasteiger charge is 2.19. The maximum absolute atomic E-state index is 12.1. The summed E-state index contributed by atoms with van der Waals surface area (Å²) in [4.78, 5) is 16.3. The van der Waals surface area contributed by atoms with Crippen molar-refractivity contribution in [2.24, 2.45) is 5.92 Å². The van der Waals surface area contributed by atoms with Crippen LogP contribution in [0.15, 0.2) is 67.0 Å². The molecule has 2 aromatic heterocycles. The molecule has 2 N–H and O–H groups in total. The molecule has 0 bridgehead atoms. The number of nitrogens with one attached hydrogen (secondary N) is 2. The van der Waals surface area contributed by atoms with Gasteiger partial charge in [0.2, 0.25) is 0 Å². The van der Waals surface area contributed by atoms with Crippen molar-refractivity contribution < 1.29 is 9.53 Å². The monoisotopic (exact) mass is 457 g/mol. The fourth-order valence-electron chi connectivity index (χ4n) is 4.05. The summed E-state index contributed by atoms with van der Waals surface area (Å²) in [5.41, 5.74) is 3.54. The molecule has 2 heterocycles. The van der Waals surface area contributed by atoms with E-state index >= 15 is 0 Å². The van der Waals surface area contributed by atoms with Gasteiger partial charge in [0.25, 0.3) is 0 Å². The topological polar surface area (TPSA) is 92.8 Å². The molecule has 7 heteroatoms. The van der Waals surface area contributed by atoms with E-state index in [1.165, 1.54) is 5.56 Å². The van der Waals surface area contributed by atoms with Crippen LogP contribution in [0.5, 0.6) is 0 Å². The summed E-state index contributed by atoms with van der Waals surface area (Å²) in [6, 6.07) is 18.6. The molecule has 0 aliphatic rings. The fourth-order valence-corrected chi connectivity index (χ4v) is 4.05. The van der Waals surface area contributed by atoms with Crippen molar-refractivity contribution in [2.75, 3.05) is 6.54 Å². The number of nitrogens with zero attached hydrogens (tertiary/aromatic N) is 3. The number of carbonyl (C=O) groups is 1.